The average Bonchev–Trinajstić information content (AvgIpc) is 1.67. The van der Waals surface area contributed by atoms with E-state index in [1.807, 2.05) is 0 Å². The van der Waals surface area contributed by atoms with E-state index in [4.69, 9.17) is 5.11 Å². The Labute approximate surface area is 56.0 Å². The van der Waals surface area contributed by atoms with Gasteiger partial charge in [0.25, 0.3) is 0 Å². The van der Waals surface area contributed by atoms with Gasteiger partial charge >= 0.3 is 5.97 Å². The summed E-state index contributed by atoms with van der Waals surface area (Å²) in [4.78, 5) is 12.3. The standard InChI is InChI=1S/C5H5BrO2/c1-4(2-3-6)5(7)8/h4H,1H3,(H,7,8). The van der Waals surface area contributed by atoms with Crippen LogP contribution in [0.5, 0.6) is 0 Å². The van der Waals surface area contributed by atoms with Crippen molar-refractivity contribution in [1.82, 2.24) is 0 Å². The second-order valence-electron chi connectivity index (χ2n) is 1.30. The van der Waals surface area contributed by atoms with Crippen molar-refractivity contribution in [2.75, 3.05) is 0 Å². The fourth-order valence-corrected chi connectivity index (χ4v) is 0.487. The highest BCUT2D eigenvalue weighted by Gasteiger charge is 2.04. The van der Waals surface area contributed by atoms with E-state index in [-0.39, 0.29) is 0 Å². The van der Waals surface area contributed by atoms with Crippen LogP contribution in [0.15, 0.2) is 0 Å². The second kappa shape index (κ2) is 3.50. The van der Waals surface area contributed by atoms with Gasteiger partial charge < -0.3 is 5.11 Å². The summed E-state index contributed by atoms with van der Waals surface area (Å²) in [5, 5.41) is 8.19. The van der Waals surface area contributed by atoms with Crippen LogP contribution in [-0.4, -0.2) is 11.1 Å². The predicted molar refractivity (Wildman–Crippen MR) is 33.5 cm³/mol. The molecule has 0 aliphatic carbocycles. The number of carboxylic acid groups (broad SMARTS) is 1. The van der Waals surface area contributed by atoms with E-state index in [1.165, 1.54) is 6.92 Å². The third-order valence-corrected chi connectivity index (χ3v) is 0.870. The maximum absolute atomic E-state index is 9.97. The topological polar surface area (TPSA) is 37.3 Å². The zero-order chi connectivity index (χ0) is 6.57. The number of hydrogen-bond acceptors (Lipinski definition) is 1. The molecule has 0 radical (unpaired) electrons. The monoisotopic (exact) mass is 176 g/mol. The summed E-state index contributed by atoms with van der Waals surface area (Å²) < 4.78 is 0. The Balaban J connectivity index is 3.77. The van der Waals surface area contributed by atoms with Crippen molar-refractivity contribution < 1.29 is 9.90 Å². The highest BCUT2D eigenvalue weighted by molar-refractivity contribution is 9.12. The number of carboxylic acids is 1. The van der Waals surface area contributed by atoms with Crippen LogP contribution in [0.1, 0.15) is 6.92 Å². The van der Waals surface area contributed by atoms with Gasteiger partial charge in [0.2, 0.25) is 0 Å². The van der Waals surface area contributed by atoms with Crippen LogP contribution in [0.4, 0.5) is 0 Å². The largest absolute Gasteiger partial charge is 0.480 e. The SMILES string of the molecule is CC(C#CBr)C(=O)O. The molecule has 8 heavy (non-hydrogen) atoms. The Hall–Kier alpha value is -0.490. The summed E-state index contributed by atoms with van der Waals surface area (Å²) in [5.41, 5.74) is 0. The number of aliphatic carboxylic acids is 1. The van der Waals surface area contributed by atoms with Gasteiger partial charge in [-0.3, -0.25) is 4.79 Å². The minimum absolute atomic E-state index is 0.575. The summed E-state index contributed by atoms with van der Waals surface area (Å²) in [6.07, 6.45) is 0. The second-order valence-corrected chi connectivity index (χ2v) is 1.70. The van der Waals surface area contributed by atoms with E-state index in [0.717, 1.165) is 0 Å². The van der Waals surface area contributed by atoms with Gasteiger partial charge in [0.05, 0.1) is 0 Å². The minimum Gasteiger partial charge on any atom is -0.480 e. The van der Waals surface area contributed by atoms with Crippen LogP contribution in [0.2, 0.25) is 0 Å². The molecular weight excluding hydrogens is 172 g/mol. The lowest BCUT2D eigenvalue weighted by Gasteiger charge is -1.89. The van der Waals surface area contributed by atoms with Crippen molar-refractivity contribution in [1.29, 1.82) is 0 Å². The Bertz CT molecular complexity index is 142. The molecule has 44 valence electrons. The van der Waals surface area contributed by atoms with Crippen LogP contribution in [-0.2, 0) is 4.79 Å². The van der Waals surface area contributed by atoms with Crippen LogP contribution < -0.4 is 0 Å². The van der Waals surface area contributed by atoms with Gasteiger partial charge in [-0.2, -0.15) is 0 Å². The van der Waals surface area contributed by atoms with Gasteiger partial charge in [0, 0.05) is 15.9 Å². The van der Waals surface area contributed by atoms with Crippen molar-refractivity contribution in [2.24, 2.45) is 5.92 Å². The number of carbonyl (C=O) groups is 1. The smallest absolute Gasteiger partial charge is 0.318 e. The summed E-state index contributed by atoms with van der Waals surface area (Å²) in [6.45, 7) is 1.52. The first-order valence-corrected chi connectivity index (χ1v) is 2.81. The maximum atomic E-state index is 9.97. The number of halogens is 1. The van der Waals surface area contributed by atoms with Crippen LogP contribution >= 0.6 is 15.9 Å². The molecule has 0 spiro atoms. The van der Waals surface area contributed by atoms with E-state index >= 15 is 0 Å². The Kier molecular flexibility index (Phi) is 3.29. The molecule has 0 amide bonds. The lowest BCUT2D eigenvalue weighted by molar-refractivity contribution is -0.139. The summed E-state index contributed by atoms with van der Waals surface area (Å²) >= 11 is 2.79. The van der Waals surface area contributed by atoms with Crippen molar-refractivity contribution in [3.05, 3.63) is 0 Å². The lowest BCUT2D eigenvalue weighted by Crippen LogP contribution is -2.05. The van der Waals surface area contributed by atoms with Gasteiger partial charge in [0.15, 0.2) is 0 Å². The number of hydrogen-bond donors (Lipinski definition) is 1. The molecule has 0 bridgehead atoms. The van der Waals surface area contributed by atoms with Crippen molar-refractivity contribution in [2.45, 2.75) is 6.92 Å². The molecule has 0 aromatic heterocycles. The molecule has 1 atom stereocenters. The molecule has 0 aromatic rings. The predicted octanol–water partition coefficient (Wildman–Crippen LogP) is 1.06. The van der Waals surface area contributed by atoms with E-state index < -0.39 is 11.9 Å². The van der Waals surface area contributed by atoms with E-state index in [1.54, 1.807) is 0 Å². The van der Waals surface area contributed by atoms with Crippen molar-refractivity contribution in [3.63, 3.8) is 0 Å². The molecule has 0 aromatic carbocycles. The molecule has 2 nitrogen and oxygen atoms in total. The van der Waals surface area contributed by atoms with Gasteiger partial charge in [-0.05, 0) is 11.8 Å². The normalized spacial score (nSPS) is 11.2. The summed E-state index contributed by atoms with van der Waals surface area (Å²) in [6, 6.07) is 0. The molecule has 1 unspecified atom stereocenters. The third-order valence-electron chi connectivity index (χ3n) is 0.641. The highest BCUT2D eigenvalue weighted by atomic mass is 79.9. The molecule has 0 fully saturated rings. The van der Waals surface area contributed by atoms with Crippen molar-refractivity contribution >= 4 is 21.9 Å². The first-order valence-electron chi connectivity index (χ1n) is 2.02. The van der Waals surface area contributed by atoms with Gasteiger partial charge in [-0.25, -0.2) is 0 Å². The number of rotatable bonds is 1. The van der Waals surface area contributed by atoms with Crippen LogP contribution in [0.25, 0.3) is 0 Å². The first-order chi connectivity index (χ1) is 3.68. The van der Waals surface area contributed by atoms with Crippen LogP contribution in [0.3, 0.4) is 0 Å². The van der Waals surface area contributed by atoms with Crippen molar-refractivity contribution in [3.8, 4) is 10.8 Å². The van der Waals surface area contributed by atoms with E-state index in [0.29, 0.717) is 0 Å². The van der Waals surface area contributed by atoms with Gasteiger partial charge in [0.1, 0.15) is 5.92 Å². The van der Waals surface area contributed by atoms with E-state index in [2.05, 4.69) is 26.7 Å². The zero-order valence-electron chi connectivity index (χ0n) is 4.31. The third kappa shape index (κ3) is 2.64. The fourth-order valence-electron chi connectivity index (χ4n) is 0.144. The first kappa shape index (κ1) is 7.51. The minimum atomic E-state index is -0.892. The lowest BCUT2D eigenvalue weighted by atomic mass is 10.2. The fraction of sp³-hybridized carbons (Fsp3) is 0.400. The molecule has 0 saturated carbocycles. The quantitative estimate of drug-likeness (QED) is 0.608. The molecule has 0 rings (SSSR count). The average molecular weight is 177 g/mol. The Morgan fingerprint density at radius 3 is 2.50 bits per heavy atom. The molecular formula is C5H5BrO2. The Morgan fingerprint density at radius 1 is 1.88 bits per heavy atom. The molecule has 0 aliphatic rings. The van der Waals surface area contributed by atoms with Crippen LogP contribution in [0, 0.1) is 16.7 Å². The molecule has 0 saturated heterocycles. The summed E-state index contributed by atoms with van der Waals surface area (Å²) in [7, 11) is 0. The highest BCUT2D eigenvalue weighted by Crippen LogP contribution is 1.90. The molecule has 0 aliphatic heterocycles. The molecule has 1 N–H and O–H groups in total. The summed E-state index contributed by atoms with van der Waals surface area (Å²) in [5.74, 6) is 0.946. The molecule has 0 heterocycles. The van der Waals surface area contributed by atoms with Gasteiger partial charge in [-0.15, -0.1) is 0 Å². The maximum Gasteiger partial charge on any atom is 0.318 e. The van der Waals surface area contributed by atoms with E-state index in [9.17, 15) is 4.79 Å². The Morgan fingerprint density at radius 2 is 2.38 bits per heavy atom. The van der Waals surface area contributed by atoms with Gasteiger partial charge in [-0.1, -0.05) is 5.92 Å². The molecule has 3 heteroatoms. The zero-order valence-corrected chi connectivity index (χ0v) is 5.90.